The van der Waals surface area contributed by atoms with Gasteiger partial charge >= 0.3 is 0 Å². The second-order valence-electron chi connectivity index (χ2n) is 4.53. The molecule has 106 valence electrons. The van der Waals surface area contributed by atoms with Crippen molar-refractivity contribution in [3.8, 4) is 0 Å². The lowest BCUT2D eigenvalue weighted by atomic mass is 10.1. The zero-order chi connectivity index (χ0) is 14.7. The van der Waals surface area contributed by atoms with Crippen LogP contribution in [0.2, 0.25) is 0 Å². The van der Waals surface area contributed by atoms with Gasteiger partial charge in [-0.2, -0.15) is 0 Å². The third-order valence-electron chi connectivity index (χ3n) is 2.81. The van der Waals surface area contributed by atoms with Gasteiger partial charge < -0.3 is 5.73 Å². The summed E-state index contributed by atoms with van der Waals surface area (Å²) < 4.78 is 27.2. The van der Waals surface area contributed by atoms with E-state index in [1.807, 2.05) is 31.2 Å². The van der Waals surface area contributed by atoms with Crippen molar-refractivity contribution in [3.63, 3.8) is 0 Å². The first-order valence-electron chi connectivity index (χ1n) is 6.10. The van der Waals surface area contributed by atoms with Crippen molar-refractivity contribution in [2.24, 2.45) is 5.73 Å². The molecule has 0 heterocycles. The van der Waals surface area contributed by atoms with Gasteiger partial charge in [0.05, 0.1) is 0 Å². The zero-order valence-electron chi connectivity index (χ0n) is 10.8. The lowest BCUT2D eigenvalue weighted by molar-refractivity contribution is 0.506. The Bertz CT molecular complexity index is 604. The van der Waals surface area contributed by atoms with Crippen LogP contribution in [0.5, 0.6) is 0 Å². The van der Waals surface area contributed by atoms with Crippen LogP contribution in [0.15, 0.2) is 51.8 Å². The van der Waals surface area contributed by atoms with E-state index < -0.39 is 11.6 Å². The van der Waals surface area contributed by atoms with Gasteiger partial charge in [-0.1, -0.05) is 28.1 Å². The highest BCUT2D eigenvalue weighted by atomic mass is 79.9. The van der Waals surface area contributed by atoms with Gasteiger partial charge in [0.15, 0.2) is 11.6 Å². The van der Waals surface area contributed by atoms with Gasteiger partial charge in [0.25, 0.3) is 0 Å². The summed E-state index contributed by atoms with van der Waals surface area (Å²) in [5, 5.41) is -0.0302. The topological polar surface area (TPSA) is 26.0 Å². The number of halogens is 3. The standard InChI is InChI=1S/C15H14BrF2NS/c1-9(19)15(10-3-2-4-11(16)7-10)20-12-5-6-13(17)14(18)8-12/h2-9,15H,19H2,1H3. The van der Waals surface area contributed by atoms with E-state index in [9.17, 15) is 8.78 Å². The largest absolute Gasteiger partial charge is 0.327 e. The van der Waals surface area contributed by atoms with Crippen LogP contribution in [-0.4, -0.2) is 6.04 Å². The van der Waals surface area contributed by atoms with Crippen LogP contribution in [0.25, 0.3) is 0 Å². The highest BCUT2D eigenvalue weighted by Crippen LogP contribution is 2.38. The van der Waals surface area contributed by atoms with Crippen LogP contribution in [0.3, 0.4) is 0 Å². The van der Waals surface area contributed by atoms with Crippen molar-refractivity contribution in [1.29, 1.82) is 0 Å². The molecule has 0 radical (unpaired) electrons. The predicted octanol–water partition coefficient (Wildman–Crippen LogP) is 4.91. The van der Waals surface area contributed by atoms with Gasteiger partial charge in [0, 0.05) is 20.7 Å². The number of nitrogens with two attached hydrogens (primary N) is 1. The summed E-state index contributed by atoms with van der Waals surface area (Å²) in [5.41, 5.74) is 7.08. The molecule has 0 aliphatic heterocycles. The van der Waals surface area contributed by atoms with E-state index in [0.717, 1.165) is 16.1 Å². The quantitative estimate of drug-likeness (QED) is 0.786. The molecule has 2 atom stereocenters. The molecule has 0 aliphatic rings. The van der Waals surface area contributed by atoms with Crippen LogP contribution in [0.1, 0.15) is 17.7 Å². The minimum absolute atomic E-state index is 0.0302. The molecule has 2 N–H and O–H groups in total. The molecular weight excluding hydrogens is 344 g/mol. The van der Waals surface area contributed by atoms with Gasteiger partial charge in [0.1, 0.15) is 0 Å². The van der Waals surface area contributed by atoms with Crippen molar-refractivity contribution in [1.82, 2.24) is 0 Å². The van der Waals surface area contributed by atoms with E-state index >= 15 is 0 Å². The van der Waals surface area contributed by atoms with E-state index in [1.165, 1.54) is 17.8 Å². The van der Waals surface area contributed by atoms with Crippen LogP contribution >= 0.6 is 27.7 Å². The van der Waals surface area contributed by atoms with Crippen LogP contribution in [0.4, 0.5) is 8.78 Å². The van der Waals surface area contributed by atoms with Crippen molar-refractivity contribution in [3.05, 3.63) is 64.1 Å². The van der Waals surface area contributed by atoms with Gasteiger partial charge in [-0.3, -0.25) is 0 Å². The third-order valence-corrected chi connectivity index (χ3v) is 4.78. The van der Waals surface area contributed by atoms with E-state index in [1.54, 1.807) is 6.07 Å². The van der Waals surface area contributed by atoms with E-state index in [4.69, 9.17) is 5.73 Å². The summed E-state index contributed by atoms with van der Waals surface area (Å²) in [6.07, 6.45) is 0. The Kier molecular flexibility index (Phi) is 5.18. The highest BCUT2D eigenvalue weighted by molar-refractivity contribution is 9.10. The summed E-state index contributed by atoms with van der Waals surface area (Å²) in [7, 11) is 0. The number of rotatable bonds is 4. The lowest BCUT2D eigenvalue weighted by Gasteiger charge is -2.21. The van der Waals surface area contributed by atoms with Gasteiger partial charge in [-0.15, -0.1) is 11.8 Å². The van der Waals surface area contributed by atoms with Crippen molar-refractivity contribution >= 4 is 27.7 Å². The molecule has 2 unspecified atom stereocenters. The summed E-state index contributed by atoms with van der Waals surface area (Å²) in [4.78, 5) is 0.658. The maximum atomic E-state index is 13.3. The first kappa shape index (κ1) is 15.5. The van der Waals surface area contributed by atoms with Crippen molar-refractivity contribution in [2.45, 2.75) is 23.1 Å². The Morgan fingerprint density at radius 2 is 1.85 bits per heavy atom. The number of hydrogen-bond donors (Lipinski definition) is 1. The maximum Gasteiger partial charge on any atom is 0.159 e. The number of thioether (sulfide) groups is 1. The van der Waals surface area contributed by atoms with E-state index in [2.05, 4.69) is 15.9 Å². The molecule has 20 heavy (non-hydrogen) atoms. The average molecular weight is 358 g/mol. The fourth-order valence-corrected chi connectivity index (χ4v) is 3.38. The molecule has 0 amide bonds. The fraction of sp³-hybridized carbons (Fsp3) is 0.200. The number of hydrogen-bond acceptors (Lipinski definition) is 2. The van der Waals surface area contributed by atoms with E-state index in [0.29, 0.717) is 4.90 Å². The SMILES string of the molecule is CC(N)C(Sc1ccc(F)c(F)c1)c1cccc(Br)c1. The lowest BCUT2D eigenvalue weighted by Crippen LogP contribution is -2.22. The smallest absolute Gasteiger partial charge is 0.159 e. The molecule has 2 rings (SSSR count). The third kappa shape index (κ3) is 3.81. The first-order valence-corrected chi connectivity index (χ1v) is 7.77. The summed E-state index contributed by atoms with van der Waals surface area (Å²) in [6, 6.07) is 11.6. The fourth-order valence-electron chi connectivity index (χ4n) is 1.86. The molecule has 0 aliphatic carbocycles. The summed E-state index contributed by atoms with van der Waals surface area (Å²) in [5.74, 6) is -1.68. The minimum atomic E-state index is -0.840. The second-order valence-corrected chi connectivity index (χ2v) is 6.66. The monoisotopic (exact) mass is 357 g/mol. The van der Waals surface area contributed by atoms with Crippen molar-refractivity contribution in [2.75, 3.05) is 0 Å². The second kappa shape index (κ2) is 6.70. The molecule has 0 saturated carbocycles. The Labute approximate surface area is 129 Å². The Morgan fingerprint density at radius 1 is 1.10 bits per heavy atom. The van der Waals surface area contributed by atoms with Crippen LogP contribution < -0.4 is 5.73 Å². The Balaban J connectivity index is 2.28. The van der Waals surface area contributed by atoms with Gasteiger partial charge in [-0.05, 0) is 42.8 Å². The highest BCUT2D eigenvalue weighted by Gasteiger charge is 2.18. The Morgan fingerprint density at radius 3 is 2.45 bits per heavy atom. The first-order chi connectivity index (χ1) is 9.47. The number of benzene rings is 2. The van der Waals surface area contributed by atoms with E-state index in [-0.39, 0.29) is 11.3 Å². The molecular formula is C15H14BrF2NS. The molecule has 0 aromatic heterocycles. The van der Waals surface area contributed by atoms with Crippen LogP contribution in [0, 0.1) is 11.6 Å². The predicted molar refractivity (Wildman–Crippen MR) is 82.7 cm³/mol. The van der Waals surface area contributed by atoms with Crippen LogP contribution in [-0.2, 0) is 0 Å². The van der Waals surface area contributed by atoms with Crippen molar-refractivity contribution < 1.29 is 8.78 Å². The minimum Gasteiger partial charge on any atom is -0.327 e. The average Bonchev–Trinajstić information content (AvgIpc) is 2.39. The summed E-state index contributed by atoms with van der Waals surface area (Å²) in [6.45, 7) is 1.90. The summed E-state index contributed by atoms with van der Waals surface area (Å²) >= 11 is 4.86. The maximum absolute atomic E-state index is 13.3. The molecule has 2 aromatic rings. The molecule has 2 aromatic carbocycles. The normalized spacial score (nSPS) is 14.1. The molecule has 0 saturated heterocycles. The molecule has 1 nitrogen and oxygen atoms in total. The molecule has 0 fully saturated rings. The molecule has 0 spiro atoms. The molecule has 5 heteroatoms. The van der Waals surface area contributed by atoms with Gasteiger partial charge in [0.2, 0.25) is 0 Å². The molecule has 0 bridgehead atoms. The zero-order valence-corrected chi connectivity index (χ0v) is 13.2. The van der Waals surface area contributed by atoms with Gasteiger partial charge in [-0.25, -0.2) is 8.78 Å². The Hall–Kier alpha value is -0.910.